The van der Waals surface area contributed by atoms with Crippen LogP contribution in [0.2, 0.25) is 5.02 Å². The van der Waals surface area contributed by atoms with Crippen molar-refractivity contribution in [3.63, 3.8) is 0 Å². The number of anilines is 7. The molecule has 0 unspecified atom stereocenters. The van der Waals surface area contributed by atoms with Gasteiger partial charge in [-0.15, -0.1) is 0 Å². The van der Waals surface area contributed by atoms with Gasteiger partial charge in [0.15, 0.2) is 34.5 Å². The summed E-state index contributed by atoms with van der Waals surface area (Å²) in [6.07, 6.45) is 9.86. The summed E-state index contributed by atoms with van der Waals surface area (Å²) in [7, 11) is 0. The van der Waals surface area contributed by atoms with Crippen molar-refractivity contribution in [1.29, 1.82) is 0 Å². The average Bonchev–Trinajstić information content (AvgIpc) is 1.63. The molecule has 0 saturated carbocycles. The van der Waals surface area contributed by atoms with Gasteiger partial charge >= 0.3 is 0 Å². The van der Waals surface area contributed by atoms with Gasteiger partial charge in [-0.2, -0.15) is 0 Å². The van der Waals surface area contributed by atoms with E-state index in [9.17, 15) is 24.0 Å². The Bertz CT molecular complexity index is 6310. The number of carbonyl (C=O) groups is 5. The van der Waals surface area contributed by atoms with E-state index in [0.717, 1.165) is 116 Å². The lowest BCUT2D eigenvalue weighted by Crippen LogP contribution is -2.03. The number of allylic oxidation sites excluding steroid dienone is 10. The first-order valence-electron chi connectivity index (χ1n) is 40.2. The Hall–Kier alpha value is -14.9. The molecule has 16 heteroatoms. The topological polar surface area (TPSA) is 184 Å². The number of hydrogen-bond acceptors (Lipinski definition) is 15. The van der Waals surface area contributed by atoms with Crippen LogP contribution in [-0.4, -0.2) is 33.9 Å². The highest BCUT2D eigenvalue weighted by Crippen LogP contribution is 2.39. The summed E-state index contributed by atoms with van der Waals surface area (Å²) in [6, 6.07) is 120. The third-order valence-corrected chi connectivity index (χ3v) is 21.1. The van der Waals surface area contributed by atoms with E-state index in [1.54, 1.807) is 60.1 Å². The van der Waals surface area contributed by atoms with Crippen LogP contribution < -0.4 is 31.9 Å². The number of fused-ring (bicyclic) bond motifs is 4. The number of nitrogens with one attached hydrogen (secondary N) is 6. The van der Waals surface area contributed by atoms with E-state index in [2.05, 4.69) is 86.3 Å². The number of aryl methyl sites for hydroxylation is 1. The zero-order valence-corrected chi connectivity index (χ0v) is 71.7. The van der Waals surface area contributed by atoms with E-state index in [-0.39, 0.29) is 28.9 Å². The van der Waals surface area contributed by atoms with Gasteiger partial charge in [0.25, 0.3) is 0 Å². The van der Waals surface area contributed by atoms with Gasteiger partial charge in [0.1, 0.15) is 5.58 Å². The first-order chi connectivity index (χ1) is 60.4. The van der Waals surface area contributed by atoms with Gasteiger partial charge in [0, 0.05) is 139 Å². The molecule has 0 spiro atoms. The molecule has 0 atom stereocenters. The molecule has 6 N–H and O–H groups in total. The van der Waals surface area contributed by atoms with Crippen molar-refractivity contribution in [3.8, 4) is 0 Å². The largest absolute Gasteiger partial charge is 0.454 e. The molecular weight excluding hydrogens is 1590 g/mol. The van der Waals surface area contributed by atoms with Gasteiger partial charge in [-0.1, -0.05) is 308 Å². The fraction of sp³-hybridized carbons (Fsp3) is 0.0556. The number of ketones is 5. The lowest BCUT2D eigenvalue weighted by atomic mass is 10.1. The Morgan fingerprint density at radius 3 is 1.12 bits per heavy atom. The molecule has 0 saturated heterocycles. The van der Waals surface area contributed by atoms with Crippen molar-refractivity contribution in [2.45, 2.75) is 61.1 Å². The predicted octanol–water partition coefficient (Wildman–Crippen LogP) is 28.9. The number of aromatic nitrogens is 1. The van der Waals surface area contributed by atoms with Crippen molar-refractivity contribution in [2.24, 2.45) is 0 Å². The zero-order valence-electron chi connectivity index (χ0n) is 69.4. The highest BCUT2D eigenvalue weighted by molar-refractivity contribution is 7.99. The van der Waals surface area contributed by atoms with Crippen LogP contribution in [0.3, 0.4) is 0 Å². The Kier molecular flexibility index (Phi) is 32.5. The van der Waals surface area contributed by atoms with Crippen molar-refractivity contribution in [2.75, 3.05) is 31.9 Å². The second-order valence-corrected chi connectivity index (χ2v) is 31.2. The van der Waals surface area contributed by atoms with E-state index in [0.29, 0.717) is 32.8 Å². The van der Waals surface area contributed by atoms with Crippen LogP contribution in [0.15, 0.2) is 465 Å². The number of hydrogen-bond donors (Lipinski definition) is 6. The number of rotatable bonds is 26. The van der Waals surface area contributed by atoms with Gasteiger partial charge in [0.05, 0.1) is 39.6 Å². The second-order valence-electron chi connectivity index (χ2n) is 28.6. The molecule has 14 aromatic carbocycles. The van der Waals surface area contributed by atoms with Gasteiger partial charge < -0.3 is 36.3 Å². The third kappa shape index (κ3) is 26.8. The molecule has 0 aliphatic heterocycles. The minimum absolute atomic E-state index is 0.0000240. The molecule has 0 aliphatic rings. The maximum absolute atomic E-state index is 12.4. The Labute approximate surface area is 737 Å². The van der Waals surface area contributed by atoms with Crippen LogP contribution >= 0.6 is 35.1 Å². The first-order valence-corrected chi connectivity index (χ1v) is 42.2. The minimum atomic E-state index is -0.0261. The van der Waals surface area contributed by atoms with Crippen LogP contribution in [0.4, 0.5) is 39.8 Å². The average molecular weight is 1680 g/mol. The van der Waals surface area contributed by atoms with E-state index in [4.69, 9.17) is 16.0 Å². The summed E-state index contributed by atoms with van der Waals surface area (Å²) in [5, 5.41) is 23.8. The molecule has 0 bridgehead atoms. The van der Waals surface area contributed by atoms with Gasteiger partial charge in [-0.3, -0.25) is 29.0 Å². The highest BCUT2D eigenvalue weighted by Gasteiger charge is 2.15. The van der Waals surface area contributed by atoms with Crippen molar-refractivity contribution in [1.82, 2.24) is 4.98 Å². The summed E-state index contributed by atoms with van der Waals surface area (Å²) in [6.45, 7) is 11.5. The highest BCUT2D eigenvalue weighted by atomic mass is 35.5. The molecule has 2 heterocycles. The number of halogens is 1. The van der Waals surface area contributed by atoms with E-state index in [1.807, 2.05) is 368 Å². The molecule has 0 radical (unpaired) electrons. The quantitative estimate of drug-likeness (QED) is 0.0222. The van der Waals surface area contributed by atoms with E-state index < -0.39 is 0 Å². The smallest absolute Gasteiger partial charge is 0.187 e. The fourth-order valence-electron chi connectivity index (χ4n) is 12.8. The number of pyridine rings is 1. The maximum Gasteiger partial charge on any atom is 0.187 e. The van der Waals surface area contributed by atoms with Crippen molar-refractivity contribution < 1.29 is 28.4 Å². The van der Waals surface area contributed by atoms with Gasteiger partial charge in [0.2, 0.25) is 0 Å². The van der Waals surface area contributed by atoms with Crippen LogP contribution in [0, 0.1) is 6.92 Å². The Balaban J connectivity index is 0.000000141. The van der Waals surface area contributed by atoms with Gasteiger partial charge in [-0.05, 0) is 150 Å². The molecular formula is C108H92ClN7O6S2. The Morgan fingerprint density at radius 2 is 0.653 bits per heavy atom. The van der Waals surface area contributed by atoms with Crippen LogP contribution in [-0.2, 0) is 0 Å². The first kappa shape index (κ1) is 88.4. The molecule has 13 nitrogen and oxygen atoms in total. The molecule has 0 amide bonds. The third-order valence-electron chi connectivity index (χ3n) is 18.7. The van der Waals surface area contributed by atoms with Crippen LogP contribution in [0.25, 0.3) is 32.8 Å². The Morgan fingerprint density at radius 1 is 0.315 bits per heavy atom. The molecule has 614 valence electrons. The summed E-state index contributed by atoms with van der Waals surface area (Å²) >= 11 is 9.51. The number of benzene rings is 14. The summed E-state index contributed by atoms with van der Waals surface area (Å²) in [5.41, 5.74) is 17.6. The summed E-state index contributed by atoms with van der Waals surface area (Å²) in [4.78, 5) is 70.3. The zero-order chi connectivity index (χ0) is 86.8. The summed E-state index contributed by atoms with van der Waals surface area (Å²) < 4.78 is 6.00. The van der Waals surface area contributed by atoms with Crippen molar-refractivity contribution >= 4 is 137 Å². The monoisotopic (exact) mass is 1680 g/mol. The lowest BCUT2D eigenvalue weighted by molar-refractivity contribution is 0.103. The van der Waals surface area contributed by atoms with Crippen LogP contribution in [0.5, 0.6) is 0 Å². The van der Waals surface area contributed by atoms with Crippen molar-refractivity contribution in [3.05, 3.63) is 480 Å². The molecule has 124 heavy (non-hydrogen) atoms. The van der Waals surface area contributed by atoms with Gasteiger partial charge in [-0.25, -0.2) is 0 Å². The second kappa shape index (κ2) is 45.5. The lowest BCUT2D eigenvalue weighted by Gasteiger charge is -2.14. The molecule has 2 aromatic heterocycles. The number of furan rings is 1. The normalized spacial score (nSPS) is 11.3. The summed E-state index contributed by atoms with van der Waals surface area (Å²) in [5.74, 6) is -0.0814. The van der Waals surface area contributed by atoms with E-state index in [1.165, 1.54) is 10.5 Å². The molecule has 16 aromatic rings. The number of carbonyl (C=O) groups excluding carboxylic acids is 5. The molecule has 16 rings (SSSR count). The molecule has 0 fully saturated rings. The minimum Gasteiger partial charge on any atom is -0.454 e. The van der Waals surface area contributed by atoms with Crippen LogP contribution in [0.1, 0.15) is 92.0 Å². The van der Waals surface area contributed by atoms with E-state index >= 15 is 0 Å². The standard InChI is InChI=1S/C23H21NOS.C22H18ClNOS.C22H20N2O.C22H17NO2.C19H16N2O/c1-17-13-14-21(23(15-17)26-20-11-7-4-8-12-20)24-18(2)16-22(25)19-9-5-3-6-10-19;1-16(14-21(25)17-8-4-2-5-9-17)24-20-13-12-18(23)15-22(20)26-19-10-6-3-7-11-19;1-17(16-22(25)18-10-4-2-5-11-18)23-20-14-8-9-15-21(20)24-19-12-6-3-7-13-19;1-15(14-20(24)16-8-3-2-4-9-16)23-19-12-7-11-18-17-10-5-6-13-21(17)25-22(18)19;1-14(13-18(22)15-7-3-2-4-8-15)21-17-11-5-9-16-10-6-12-20-19(16)17/h3-16,24H,1-2H3;2-15,24H,1H3;2-16,23-24H,1H3;2-14,23H,1H3;2-13,21H,1H3/b18-16-;16-14-;17-16-;15-14-;14-13-. The molecule has 0 aliphatic carbocycles. The predicted molar refractivity (Wildman–Crippen MR) is 516 cm³/mol. The SMILES string of the molecule is C/C(=C/C(=O)c1ccccc1)Nc1ccc(C)cc1Sc1ccccc1.C/C(=C/C(=O)c1ccccc1)Nc1ccc(Cl)cc1Sc1ccccc1.C/C(=C/C(=O)c1ccccc1)Nc1cccc2c1oc1ccccc12.C/C(=C/C(=O)c1ccccc1)Nc1cccc2cccnc12.C/C(=C/C(=O)c1ccccc1)Nc1ccccc1Nc1ccccc1. The number of nitrogens with zero attached hydrogens (tertiary/aromatic N) is 1. The fourth-order valence-corrected chi connectivity index (χ4v) is 15.0. The number of para-hydroxylation sites is 6. The maximum atomic E-state index is 12.4.